The van der Waals surface area contributed by atoms with E-state index in [0.29, 0.717) is 22.1 Å². The Bertz CT molecular complexity index is 916. The number of halogens is 1. The molecule has 0 aliphatic heterocycles. The highest BCUT2D eigenvalue weighted by molar-refractivity contribution is 9.10. The number of rotatable bonds is 5. The van der Waals surface area contributed by atoms with Crippen LogP contribution in [0.15, 0.2) is 33.4 Å². The molecule has 0 aliphatic rings. The Morgan fingerprint density at radius 3 is 2.64 bits per heavy atom. The van der Waals surface area contributed by atoms with E-state index < -0.39 is 0 Å². The van der Waals surface area contributed by atoms with Crippen molar-refractivity contribution in [3.8, 4) is 0 Å². The molecule has 3 aromatic rings. The third-order valence-electron chi connectivity index (χ3n) is 3.84. The Kier molecular flexibility index (Phi) is 5.27. The molecule has 25 heavy (non-hydrogen) atoms. The molecule has 5 nitrogen and oxygen atoms in total. The standard InChI is InChI=1S/C18H20BrN3O2S/c1-11-9-12(2)16-13(10-11)20-18(25-16)22(8-7-21(3)4)17(23)14-5-6-15(19)24-14/h5-6,9-10H,7-8H2,1-4H3. The average molecular weight is 422 g/mol. The maximum Gasteiger partial charge on any atom is 0.295 e. The fraction of sp³-hybridized carbons (Fsp3) is 0.333. The van der Waals surface area contributed by atoms with Crippen LogP contribution in [0, 0.1) is 13.8 Å². The highest BCUT2D eigenvalue weighted by Gasteiger charge is 2.24. The van der Waals surface area contributed by atoms with Gasteiger partial charge in [0.05, 0.1) is 10.2 Å². The number of carbonyl (C=O) groups excluding carboxylic acids is 1. The number of hydrogen-bond donors (Lipinski definition) is 0. The number of furan rings is 1. The summed E-state index contributed by atoms with van der Waals surface area (Å²) in [6.07, 6.45) is 0. The van der Waals surface area contributed by atoms with E-state index in [1.54, 1.807) is 28.4 Å². The van der Waals surface area contributed by atoms with Gasteiger partial charge in [-0.3, -0.25) is 9.69 Å². The zero-order valence-electron chi connectivity index (χ0n) is 14.7. The van der Waals surface area contributed by atoms with Crippen molar-refractivity contribution in [1.29, 1.82) is 0 Å². The number of carbonyl (C=O) groups is 1. The van der Waals surface area contributed by atoms with Crippen molar-refractivity contribution in [2.75, 3.05) is 32.1 Å². The molecular weight excluding hydrogens is 402 g/mol. The molecule has 0 aliphatic carbocycles. The summed E-state index contributed by atoms with van der Waals surface area (Å²) in [6.45, 7) is 5.41. The molecule has 0 saturated heterocycles. The molecule has 0 spiro atoms. The van der Waals surface area contributed by atoms with Gasteiger partial charge >= 0.3 is 0 Å². The predicted octanol–water partition coefficient (Wildman–Crippen LogP) is 4.48. The maximum atomic E-state index is 13.0. The first-order valence-electron chi connectivity index (χ1n) is 7.95. The first-order valence-corrected chi connectivity index (χ1v) is 9.56. The van der Waals surface area contributed by atoms with Crippen LogP contribution in [-0.4, -0.2) is 43.0 Å². The summed E-state index contributed by atoms with van der Waals surface area (Å²) >= 11 is 4.80. The number of aromatic nitrogens is 1. The van der Waals surface area contributed by atoms with Crippen molar-refractivity contribution in [2.45, 2.75) is 13.8 Å². The molecule has 0 bridgehead atoms. The van der Waals surface area contributed by atoms with Crippen molar-refractivity contribution in [3.05, 3.63) is 45.8 Å². The zero-order valence-corrected chi connectivity index (χ0v) is 17.1. The van der Waals surface area contributed by atoms with Crippen LogP contribution < -0.4 is 4.90 Å². The van der Waals surface area contributed by atoms with Crippen LogP contribution in [-0.2, 0) is 0 Å². The van der Waals surface area contributed by atoms with Crippen LogP contribution in [0.4, 0.5) is 5.13 Å². The van der Waals surface area contributed by atoms with Crippen molar-refractivity contribution >= 4 is 48.5 Å². The molecule has 0 N–H and O–H groups in total. The summed E-state index contributed by atoms with van der Waals surface area (Å²) in [5, 5.41) is 0.697. The van der Waals surface area contributed by atoms with Gasteiger partial charge in [-0.25, -0.2) is 4.98 Å². The van der Waals surface area contributed by atoms with E-state index in [2.05, 4.69) is 41.9 Å². The molecule has 0 fully saturated rings. The highest BCUT2D eigenvalue weighted by atomic mass is 79.9. The van der Waals surface area contributed by atoms with Crippen molar-refractivity contribution in [2.24, 2.45) is 0 Å². The van der Waals surface area contributed by atoms with Crippen molar-refractivity contribution in [3.63, 3.8) is 0 Å². The van der Waals surface area contributed by atoms with E-state index in [0.717, 1.165) is 16.8 Å². The second kappa shape index (κ2) is 7.27. The van der Waals surface area contributed by atoms with Gasteiger partial charge in [-0.1, -0.05) is 17.4 Å². The van der Waals surface area contributed by atoms with Gasteiger partial charge in [-0.2, -0.15) is 0 Å². The van der Waals surface area contributed by atoms with Gasteiger partial charge in [0, 0.05) is 13.1 Å². The normalized spacial score (nSPS) is 11.4. The molecule has 7 heteroatoms. The van der Waals surface area contributed by atoms with Gasteiger partial charge in [0.15, 0.2) is 15.6 Å². The Balaban J connectivity index is 2.01. The molecular formula is C18H20BrN3O2S. The summed E-state index contributed by atoms with van der Waals surface area (Å²) in [7, 11) is 3.97. The lowest BCUT2D eigenvalue weighted by Crippen LogP contribution is -2.36. The number of likely N-dealkylation sites (N-methyl/N-ethyl adjacent to an activating group) is 1. The van der Waals surface area contributed by atoms with E-state index in [9.17, 15) is 4.79 Å². The van der Waals surface area contributed by atoms with Crippen LogP contribution in [0.3, 0.4) is 0 Å². The lowest BCUT2D eigenvalue weighted by molar-refractivity contribution is 0.0957. The molecule has 1 amide bonds. The number of benzene rings is 1. The van der Waals surface area contributed by atoms with E-state index in [4.69, 9.17) is 9.40 Å². The Hall–Kier alpha value is -1.70. The highest BCUT2D eigenvalue weighted by Crippen LogP contribution is 2.33. The molecule has 3 rings (SSSR count). The molecule has 132 valence electrons. The predicted molar refractivity (Wildman–Crippen MR) is 106 cm³/mol. The minimum Gasteiger partial charge on any atom is -0.444 e. The summed E-state index contributed by atoms with van der Waals surface area (Å²) in [5.41, 5.74) is 3.28. The minimum absolute atomic E-state index is 0.180. The lowest BCUT2D eigenvalue weighted by atomic mass is 10.1. The van der Waals surface area contributed by atoms with Gasteiger partial charge in [0.25, 0.3) is 5.91 Å². The molecule has 0 saturated carbocycles. The maximum absolute atomic E-state index is 13.0. The van der Waals surface area contributed by atoms with Crippen LogP contribution in [0.25, 0.3) is 10.2 Å². The van der Waals surface area contributed by atoms with Crippen molar-refractivity contribution < 1.29 is 9.21 Å². The first-order chi connectivity index (χ1) is 11.8. The zero-order chi connectivity index (χ0) is 18.1. The fourth-order valence-electron chi connectivity index (χ4n) is 2.63. The number of anilines is 1. The van der Waals surface area contributed by atoms with Gasteiger partial charge in [0.1, 0.15) is 0 Å². The van der Waals surface area contributed by atoms with Crippen LogP contribution in [0.1, 0.15) is 21.7 Å². The largest absolute Gasteiger partial charge is 0.444 e. The molecule has 2 heterocycles. The third kappa shape index (κ3) is 3.94. The Morgan fingerprint density at radius 1 is 1.24 bits per heavy atom. The van der Waals surface area contributed by atoms with Gasteiger partial charge in [-0.05, 0) is 73.2 Å². The molecule has 0 unspecified atom stereocenters. The second-order valence-electron chi connectivity index (χ2n) is 6.29. The van der Waals surface area contributed by atoms with E-state index in [-0.39, 0.29) is 5.91 Å². The number of thiazole rings is 1. The smallest absolute Gasteiger partial charge is 0.295 e. The van der Waals surface area contributed by atoms with E-state index in [1.807, 2.05) is 19.0 Å². The quantitative estimate of drug-likeness (QED) is 0.609. The van der Waals surface area contributed by atoms with Gasteiger partial charge < -0.3 is 9.32 Å². The molecule has 0 radical (unpaired) electrons. The van der Waals surface area contributed by atoms with Gasteiger partial charge in [-0.15, -0.1) is 0 Å². The number of aryl methyl sites for hydroxylation is 2. The second-order valence-corrected chi connectivity index (χ2v) is 8.05. The van der Waals surface area contributed by atoms with Crippen LogP contribution in [0.5, 0.6) is 0 Å². The summed E-state index contributed by atoms with van der Waals surface area (Å²) in [6, 6.07) is 7.60. The lowest BCUT2D eigenvalue weighted by Gasteiger charge is -2.20. The molecule has 1 aromatic carbocycles. The Morgan fingerprint density at radius 2 is 2.00 bits per heavy atom. The van der Waals surface area contributed by atoms with Gasteiger partial charge in [0.2, 0.25) is 0 Å². The SMILES string of the molecule is Cc1cc(C)c2sc(N(CCN(C)C)C(=O)c3ccc(Br)o3)nc2c1. The van der Waals surface area contributed by atoms with Crippen LogP contribution in [0.2, 0.25) is 0 Å². The van der Waals surface area contributed by atoms with E-state index in [1.165, 1.54) is 11.1 Å². The minimum atomic E-state index is -0.180. The number of amides is 1. The summed E-state index contributed by atoms with van der Waals surface area (Å²) < 4.78 is 7.12. The topological polar surface area (TPSA) is 49.6 Å². The summed E-state index contributed by atoms with van der Waals surface area (Å²) in [4.78, 5) is 21.4. The number of fused-ring (bicyclic) bond motifs is 1. The van der Waals surface area contributed by atoms with E-state index >= 15 is 0 Å². The van der Waals surface area contributed by atoms with Crippen LogP contribution >= 0.6 is 27.3 Å². The van der Waals surface area contributed by atoms with Crippen molar-refractivity contribution in [1.82, 2.24) is 9.88 Å². The third-order valence-corrected chi connectivity index (χ3v) is 5.50. The fourth-order valence-corrected chi connectivity index (χ4v) is 3.97. The number of nitrogens with zero attached hydrogens (tertiary/aromatic N) is 3. The average Bonchev–Trinajstić information content (AvgIpc) is 3.13. The summed E-state index contributed by atoms with van der Waals surface area (Å²) in [5.74, 6) is 0.124. The Labute approximate surface area is 159 Å². The monoisotopic (exact) mass is 421 g/mol. The molecule has 2 aromatic heterocycles. The number of hydrogen-bond acceptors (Lipinski definition) is 5. The molecule has 0 atom stereocenters. The first kappa shape index (κ1) is 18.1.